The quantitative estimate of drug-likeness (QED) is 0.696. The van der Waals surface area contributed by atoms with E-state index in [1.54, 1.807) is 25.1 Å². The fourth-order valence-electron chi connectivity index (χ4n) is 3.49. The van der Waals surface area contributed by atoms with E-state index < -0.39 is 30.1 Å². The van der Waals surface area contributed by atoms with Crippen LogP contribution in [0.2, 0.25) is 5.02 Å². The first-order valence-electron chi connectivity index (χ1n) is 9.47. The number of aromatic nitrogens is 2. The fraction of sp³-hybridized carbons (Fsp3) is 0.450. The van der Waals surface area contributed by atoms with Gasteiger partial charge in [-0.3, -0.25) is 9.69 Å². The SMILES string of the molecule is Cc1cccc(Cl)c1C(=O)NCC(c1cnc(C(F)(F)F)nc1)N1CCC(F)CC1. The molecule has 2 heterocycles. The Morgan fingerprint density at radius 1 is 1.27 bits per heavy atom. The molecule has 1 atom stereocenters. The van der Waals surface area contributed by atoms with Gasteiger partial charge in [0.2, 0.25) is 5.82 Å². The number of hydrogen-bond donors (Lipinski definition) is 1. The molecule has 1 N–H and O–H groups in total. The molecule has 1 aromatic heterocycles. The summed E-state index contributed by atoms with van der Waals surface area (Å²) < 4.78 is 51.9. The number of carbonyl (C=O) groups is 1. The third-order valence-corrected chi connectivity index (χ3v) is 5.43. The molecule has 1 aromatic carbocycles. The van der Waals surface area contributed by atoms with Gasteiger partial charge in [0, 0.05) is 37.6 Å². The molecule has 5 nitrogen and oxygen atoms in total. The second kappa shape index (κ2) is 9.26. The molecule has 162 valence electrons. The van der Waals surface area contributed by atoms with Crippen molar-refractivity contribution < 1.29 is 22.4 Å². The standard InChI is InChI=1S/C20H21ClF4N4O/c1-12-3-2-4-15(21)17(12)18(30)26-11-16(29-7-5-14(22)6-8-29)13-9-27-19(28-10-13)20(23,24)25/h2-4,9-10,14,16H,5-8,11H2,1H3,(H,26,30). The van der Waals surface area contributed by atoms with E-state index in [1.165, 1.54) is 0 Å². The van der Waals surface area contributed by atoms with E-state index in [1.807, 2.05) is 4.90 Å². The lowest BCUT2D eigenvalue weighted by atomic mass is 10.0. The molecule has 1 unspecified atom stereocenters. The highest BCUT2D eigenvalue weighted by molar-refractivity contribution is 6.34. The van der Waals surface area contributed by atoms with Crippen LogP contribution in [-0.4, -0.2) is 46.6 Å². The van der Waals surface area contributed by atoms with Crippen LogP contribution in [0.1, 0.15) is 46.2 Å². The van der Waals surface area contributed by atoms with Gasteiger partial charge in [0.25, 0.3) is 5.91 Å². The van der Waals surface area contributed by atoms with Crippen molar-refractivity contribution >= 4 is 17.5 Å². The van der Waals surface area contributed by atoms with Gasteiger partial charge in [-0.2, -0.15) is 13.2 Å². The molecule has 0 radical (unpaired) electrons. The largest absolute Gasteiger partial charge is 0.451 e. The number of nitrogens with zero attached hydrogens (tertiary/aromatic N) is 3. The van der Waals surface area contributed by atoms with Crippen LogP contribution in [0.5, 0.6) is 0 Å². The zero-order valence-corrected chi connectivity index (χ0v) is 17.0. The number of nitrogens with one attached hydrogen (secondary N) is 1. The number of aryl methyl sites for hydroxylation is 1. The van der Waals surface area contributed by atoms with Crippen molar-refractivity contribution in [3.8, 4) is 0 Å². The molecular weight excluding hydrogens is 424 g/mol. The summed E-state index contributed by atoms with van der Waals surface area (Å²) in [6.07, 6.45) is -2.71. The summed E-state index contributed by atoms with van der Waals surface area (Å²) in [7, 11) is 0. The Morgan fingerprint density at radius 3 is 2.47 bits per heavy atom. The molecule has 0 bridgehead atoms. The molecule has 30 heavy (non-hydrogen) atoms. The average molecular weight is 445 g/mol. The monoisotopic (exact) mass is 444 g/mol. The molecule has 3 rings (SSSR count). The summed E-state index contributed by atoms with van der Waals surface area (Å²) in [6.45, 7) is 2.67. The lowest BCUT2D eigenvalue weighted by Gasteiger charge is -2.35. The van der Waals surface area contributed by atoms with Crippen molar-refractivity contribution in [1.82, 2.24) is 20.2 Å². The zero-order chi connectivity index (χ0) is 21.9. The van der Waals surface area contributed by atoms with Crippen molar-refractivity contribution in [2.24, 2.45) is 0 Å². The minimum atomic E-state index is -4.64. The number of carbonyl (C=O) groups excluding carboxylic acids is 1. The Bertz CT molecular complexity index is 863. The van der Waals surface area contributed by atoms with E-state index in [-0.39, 0.29) is 6.54 Å². The van der Waals surface area contributed by atoms with Crippen molar-refractivity contribution in [2.45, 2.75) is 38.2 Å². The Hall–Kier alpha value is -2.26. The Morgan fingerprint density at radius 2 is 1.90 bits per heavy atom. The summed E-state index contributed by atoms with van der Waals surface area (Å²) in [4.78, 5) is 21.5. The molecule has 1 saturated heterocycles. The summed E-state index contributed by atoms with van der Waals surface area (Å²) >= 11 is 6.14. The third kappa shape index (κ3) is 5.26. The molecule has 1 amide bonds. The first-order valence-corrected chi connectivity index (χ1v) is 9.85. The van der Waals surface area contributed by atoms with E-state index in [2.05, 4.69) is 15.3 Å². The number of amides is 1. The predicted octanol–water partition coefficient (Wildman–Crippen LogP) is 4.36. The second-order valence-corrected chi connectivity index (χ2v) is 7.61. The minimum Gasteiger partial charge on any atom is -0.350 e. The summed E-state index contributed by atoms with van der Waals surface area (Å²) in [5.41, 5.74) is 1.45. The van der Waals surface area contributed by atoms with Crippen molar-refractivity contribution in [2.75, 3.05) is 19.6 Å². The Kier molecular flexibility index (Phi) is 6.92. The van der Waals surface area contributed by atoms with Gasteiger partial charge in [-0.25, -0.2) is 14.4 Å². The maximum atomic E-state index is 13.6. The maximum Gasteiger partial charge on any atom is 0.451 e. The Balaban J connectivity index is 1.80. The fourth-order valence-corrected chi connectivity index (χ4v) is 3.80. The van der Waals surface area contributed by atoms with Crippen LogP contribution in [-0.2, 0) is 6.18 Å². The molecule has 1 aliphatic heterocycles. The Labute approximate surface area is 176 Å². The third-order valence-electron chi connectivity index (χ3n) is 5.11. The summed E-state index contributed by atoms with van der Waals surface area (Å²) in [5, 5.41) is 3.10. The lowest BCUT2D eigenvalue weighted by Crippen LogP contribution is -2.43. The lowest BCUT2D eigenvalue weighted by molar-refractivity contribution is -0.145. The average Bonchev–Trinajstić information content (AvgIpc) is 2.69. The van der Waals surface area contributed by atoms with Gasteiger partial charge in [0.05, 0.1) is 16.6 Å². The van der Waals surface area contributed by atoms with E-state index in [0.717, 1.165) is 12.4 Å². The first-order chi connectivity index (χ1) is 14.2. The number of halogens is 5. The number of benzene rings is 1. The van der Waals surface area contributed by atoms with E-state index >= 15 is 0 Å². The minimum absolute atomic E-state index is 0.0924. The van der Waals surface area contributed by atoms with Gasteiger partial charge in [0.15, 0.2) is 0 Å². The van der Waals surface area contributed by atoms with Crippen LogP contribution < -0.4 is 5.32 Å². The number of piperidine rings is 1. The van der Waals surface area contributed by atoms with Gasteiger partial charge in [0.1, 0.15) is 6.17 Å². The van der Waals surface area contributed by atoms with Crippen LogP contribution in [0.3, 0.4) is 0 Å². The number of likely N-dealkylation sites (tertiary alicyclic amines) is 1. The molecular formula is C20H21ClF4N4O. The van der Waals surface area contributed by atoms with E-state index in [0.29, 0.717) is 47.6 Å². The highest BCUT2D eigenvalue weighted by atomic mass is 35.5. The molecule has 0 aliphatic carbocycles. The molecule has 0 spiro atoms. The highest BCUT2D eigenvalue weighted by Crippen LogP contribution is 2.29. The van der Waals surface area contributed by atoms with E-state index in [9.17, 15) is 22.4 Å². The first kappa shape index (κ1) is 22.4. The molecule has 2 aromatic rings. The summed E-state index contributed by atoms with van der Waals surface area (Å²) in [6, 6.07) is 4.61. The zero-order valence-electron chi connectivity index (χ0n) is 16.2. The normalized spacial score (nSPS) is 17.0. The number of hydrogen-bond acceptors (Lipinski definition) is 4. The number of alkyl halides is 4. The second-order valence-electron chi connectivity index (χ2n) is 7.21. The smallest absolute Gasteiger partial charge is 0.350 e. The van der Waals surface area contributed by atoms with Crippen LogP contribution in [0.15, 0.2) is 30.6 Å². The predicted molar refractivity (Wildman–Crippen MR) is 104 cm³/mol. The van der Waals surface area contributed by atoms with Crippen LogP contribution >= 0.6 is 11.6 Å². The van der Waals surface area contributed by atoms with Gasteiger partial charge in [-0.05, 0) is 31.4 Å². The van der Waals surface area contributed by atoms with Crippen molar-refractivity contribution in [3.63, 3.8) is 0 Å². The van der Waals surface area contributed by atoms with Crippen molar-refractivity contribution in [3.05, 3.63) is 58.1 Å². The van der Waals surface area contributed by atoms with Crippen molar-refractivity contribution in [1.29, 1.82) is 0 Å². The number of rotatable bonds is 5. The molecule has 0 saturated carbocycles. The van der Waals surface area contributed by atoms with E-state index in [4.69, 9.17) is 11.6 Å². The molecule has 10 heteroatoms. The van der Waals surface area contributed by atoms with Gasteiger partial charge in [-0.15, -0.1) is 0 Å². The maximum absolute atomic E-state index is 13.6. The van der Waals surface area contributed by atoms with Gasteiger partial charge in [-0.1, -0.05) is 23.7 Å². The topological polar surface area (TPSA) is 58.1 Å². The summed E-state index contributed by atoms with van der Waals surface area (Å²) in [5.74, 6) is -1.63. The molecule has 1 fully saturated rings. The van der Waals surface area contributed by atoms with Crippen LogP contribution in [0.25, 0.3) is 0 Å². The molecule has 1 aliphatic rings. The van der Waals surface area contributed by atoms with Gasteiger partial charge < -0.3 is 5.32 Å². The highest BCUT2D eigenvalue weighted by Gasteiger charge is 2.35. The van der Waals surface area contributed by atoms with Crippen LogP contribution in [0.4, 0.5) is 17.6 Å². The van der Waals surface area contributed by atoms with Gasteiger partial charge >= 0.3 is 6.18 Å². The van der Waals surface area contributed by atoms with Crippen LogP contribution in [0, 0.1) is 6.92 Å².